The van der Waals surface area contributed by atoms with E-state index in [-0.39, 0.29) is 29.9 Å². The number of guanidine groups is 1. The van der Waals surface area contributed by atoms with Crippen molar-refractivity contribution in [2.45, 2.75) is 32.6 Å². The van der Waals surface area contributed by atoms with Gasteiger partial charge in [-0.2, -0.15) is 0 Å². The average Bonchev–Trinajstić information content (AvgIpc) is 2.56. The molecule has 1 aromatic rings. The quantitative estimate of drug-likeness (QED) is 0.210. The van der Waals surface area contributed by atoms with Crippen LogP contribution in [0, 0.1) is 0 Å². The fraction of sp³-hybridized carbons (Fsp3) is 0.529. The van der Waals surface area contributed by atoms with Crippen molar-refractivity contribution in [1.29, 1.82) is 0 Å². The molecule has 1 aromatic carbocycles. The zero-order chi connectivity index (χ0) is 17.8. The second-order valence-electron chi connectivity index (χ2n) is 5.37. The summed E-state index contributed by atoms with van der Waals surface area (Å²) >= 11 is 12.0. The van der Waals surface area contributed by atoms with Gasteiger partial charge in [-0.25, -0.2) is 0 Å². The van der Waals surface area contributed by atoms with Crippen LogP contribution in [0.15, 0.2) is 23.2 Å². The van der Waals surface area contributed by atoms with Gasteiger partial charge in [-0.15, -0.1) is 24.0 Å². The Bertz CT molecular complexity index is 555. The summed E-state index contributed by atoms with van der Waals surface area (Å²) in [6, 6.07) is 5.56. The van der Waals surface area contributed by atoms with Crippen molar-refractivity contribution in [2.75, 3.05) is 26.7 Å². The van der Waals surface area contributed by atoms with E-state index in [1.807, 2.05) is 19.1 Å². The number of nitrogens with one attached hydrogen (secondary N) is 3. The molecule has 0 heterocycles. The molecule has 0 spiro atoms. The van der Waals surface area contributed by atoms with Crippen LogP contribution in [0.4, 0.5) is 0 Å². The van der Waals surface area contributed by atoms with Crippen LogP contribution in [0.2, 0.25) is 10.0 Å². The van der Waals surface area contributed by atoms with Gasteiger partial charge in [0.2, 0.25) is 5.91 Å². The third-order valence-corrected chi connectivity index (χ3v) is 3.96. The Morgan fingerprint density at radius 2 is 1.84 bits per heavy atom. The molecule has 0 unspecified atom stereocenters. The van der Waals surface area contributed by atoms with E-state index in [1.54, 1.807) is 13.1 Å². The number of halogens is 3. The summed E-state index contributed by atoms with van der Waals surface area (Å²) in [5.74, 6) is 0.748. The van der Waals surface area contributed by atoms with Crippen LogP contribution in [0.5, 0.6) is 0 Å². The van der Waals surface area contributed by atoms with Crippen molar-refractivity contribution < 1.29 is 4.79 Å². The normalized spacial score (nSPS) is 10.8. The smallest absolute Gasteiger partial charge is 0.221 e. The second kappa shape index (κ2) is 14.4. The SMILES string of the molecule is CCCNC(=O)CCNC(=NC)NCCCc1ccc(Cl)cc1Cl.I. The Morgan fingerprint density at radius 3 is 2.48 bits per heavy atom. The Morgan fingerprint density at radius 1 is 1.12 bits per heavy atom. The summed E-state index contributed by atoms with van der Waals surface area (Å²) < 4.78 is 0. The molecule has 25 heavy (non-hydrogen) atoms. The lowest BCUT2D eigenvalue weighted by Crippen LogP contribution is -2.39. The van der Waals surface area contributed by atoms with Gasteiger partial charge in [-0.05, 0) is 37.0 Å². The van der Waals surface area contributed by atoms with Gasteiger partial charge >= 0.3 is 0 Å². The number of rotatable bonds is 9. The van der Waals surface area contributed by atoms with Crippen LogP contribution in [0.3, 0.4) is 0 Å². The lowest BCUT2D eigenvalue weighted by atomic mass is 10.1. The molecule has 0 fully saturated rings. The fourth-order valence-corrected chi connectivity index (χ4v) is 2.58. The summed E-state index contributed by atoms with van der Waals surface area (Å²) in [6.45, 7) is 4.07. The minimum Gasteiger partial charge on any atom is -0.356 e. The Kier molecular flexibility index (Phi) is 14.0. The van der Waals surface area contributed by atoms with Crippen molar-refractivity contribution in [3.8, 4) is 0 Å². The summed E-state index contributed by atoms with van der Waals surface area (Å²) in [5, 5.41) is 10.5. The number of aliphatic imine (C=N–C) groups is 1. The van der Waals surface area contributed by atoms with Crippen LogP contribution >= 0.6 is 47.2 Å². The molecule has 0 aliphatic carbocycles. The number of nitrogens with zero attached hydrogens (tertiary/aromatic N) is 1. The van der Waals surface area contributed by atoms with Crippen LogP contribution < -0.4 is 16.0 Å². The van der Waals surface area contributed by atoms with Crippen LogP contribution in [0.1, 0.15) is 31.7 Å². The zero-order valence-corrected chi connectivity index (χ0v) is 18.5. The lowest BCUT2D eigenvalue weighted by Gasteiger charge is -2.12. The van der Waals surface area contributed by atoms with Crippen molar-refractivity contribution >= 4 is 59.0 Å². The Balaban J connectivity index is 0.00000576. The monoisotopic (exact) mass is 500 g/mol. The van der Waals surface area contributed by atoms with E-state index in [1.165, 1.54) is 0 Å². The first kappa shape index (κ1) is 24.3. The third-order valence-electron chi connectivity index (χ3n) is 3.37. The number of benzene rings is 1. The maximum absolute atomic E-state index is 11.5. The fourth-order valence-electron chi connectivity index (χ4n) is 2.08. The van der Waals surface area contributed by atoms with Gasteiger partial charge in [0.15, 0.2) is 5.96 Å². The molecule has 3 N–H and O–H groups in total. The van der Waals surface area contributed by atoms with Gasteiger partial charge in [0, 0.05) is 43.1 Å². The first-order valence-corrected chi connectivity index (χ1v) is 8.97. The average molecular weight is 501 g/mol. The molecule has 0 atom stereocenters. The van der Waals surface area contributed by atoms with Crippen LogP contribution in [-0.4, -0.2) is 38.5 Å². The van der Waals surface area contributed by atoms with E-state index in [0.717, 1.165) is 37.9 Å². The first-order valence-electron chi connectivity index (χ1n) is 8.22. The van der Waals surface area contributed by atoms with E-state index in [9.17, 15) is 4.79 Å². The highest BCUT2D eigenvalue weighted by molar-refractivity contribution is 14.0. The molecular weight excluding hydrogens is 474 g/mol. The van der Waals surface area contributed by atoms with E-state index >= 15 is 0 Å². The minimum atomic E-state index is 0. The van der Waals surface area contributed by atoms with Crippen molar-refractivity contribution in [2.24, 2.45) is 4.99 Å². The van der Waals surface area contributed by atoms with Gasteiger partial charge in [0.1, 0.15) is 0 Å². The highest BCUT2D eigenvalue weighted by Gasteiger charge is 2.03. The van der Waals surface area contributed by atoms with Gasteiger partial charge in [-0.3, -0.25) is 9.79 Å². The predicted octanol–water partition coefficient (Wildman–Crippen LogP) is 3.63. The summed E-state index contributed by atoms with van der Waals surface area (Å²) in [4.78, 5) is 15.7. The number of amides is 1. The van der Waals surface area contributed by atoms with E-state index in [2.05, 4.69) is 20.9 Å². The van der Waals surface area contributed by atoms with Crippen LogP contribution in [0.25, 0.3) is 0 Å². The van der Waals surface area contributed by atoms with E-state index in [4.69, 9.17) is 23.2 Å². The van der Waals surface area contributed by atoms with Crippen LogP contribution in [-0.2, 0) is 11.2 Å². The zero-order valence-electron chi connectivity index (χ0n) is 14.7. The molecule has 142 valence electrons. The molecule has 1 rings (SSSR count). The number of hydrogen-bond acceptors (Lipinski definition) is 2. The molecule has 0 saturated carbocycles. The molecule has 5 nitrogen and oxygen atoms in total. The molecule has 0 aliphatic heterocycles. The molecule has 0 radical (unpaired) electrons. The number of aryl methyl sites for hydroxylation is 1. The molecular formula is C17H27Cl2IN4O. The Labute approximate surface area is 177 Å². The topological polar surface area (TPSA) is 65.5 Å². The lowest BCUT2D eigenvalue weighted by molar-refractivity contribution is -0.120. The number of hydrogen-bond donors (Lipinski definition) is 3. The molecule has 0 saturated heterocycles. The van der Waals surface area contributed by atoms with Crippen molar-refractivity contribution in [3.05, 3.63) is 33.8 Å². The predicted molar refractivity (Wildman–Crippen MR) is 117 cm³/mol. The van der Waals surface area contributed by atoms with Gasteiger partial charge in [-0.1, -0.05) is 36.2 Å². The summed E-state index contributed by atoms with van der Waals surface area (Å²) in [6.07, 6.45) is 3.15. The standard InChI is InChI=1S/C17H26Cl2N4O.HI/c1-3-9-21-16(24)8-11-23-17(20-2)22-10-4-5-13-6-7-14(18)12-15(13)19;/h6-7,12H,3-5,8-11H2,1-2H3,(H,21,24)(H2,20,22,23);1H. The molecule has 0 aromatic heterocycles. The third kappa shape index (κ3) is 10.8. The molecule has 1 amide bonds. The summed E-state index contributed by atoms with van der Waals surface area (Å²) in [5.41, 5.74) is 1.08. The minimum absolute atomic E-state index is 0. The van der Waals surface area contributed by atoms with Crippen molar-refractivity contribution in [1.82, 2.24) is 16.0 Å². The summed E-state index contributed by atoms with van der Waals surface area (Å²) in [7, 11) is 1.71. The first-order chi connectivity index (χ1) is 11.6. The number of carbonyl (C=O) groups is 1. The second-order valence-corrected chi connectivity index (χ2v) is 6.21. The maximum atomic E-state index is 11.5. The Hall–Kier alpha value is -0.730. The van der Waals surface area contributed by atoms with Crippen molar-refractivity contribution in [3.63, 3.8) is 0 Å². The number of carbonyl (C=O) groups excluding carboxylic acids is 1. The highest BCUT2D eigenvalue weighted by Crippen LogP contribution is 2.21. The molecule has 0 bridgehead atoms. The molecule has 8 heteroatoms. The maximum Gasteiger partial charge on any atom is 0.221 e. The van der Waals surface area contributed by atoms with E-state index < -0.39 is 0 Å². The highest BCUT2D eigenvalue weighted by atomic mass is 127. The van der Waals surface area contributed by atoms with Gasteiger partial charge in [0.25, 0.3) is 0 Å². The van der Waals surface area contributed by atoms with E-state index in [0.29, 0.717) is 29.0 Å². The van der Waals surface area contributed by atoms with Gasteiger partial charge < -0.3 is 16.0 Å². The largest absolute Gasteiger partial charge is 0.356 e. The molecule has 0 aliphatic rings. The van der Waals surface area contributed by atoms with Gasteiger partial charge in [0.05, 0.1) is 0 Å².